The molecule has 4 rings (SSSR count). The standard InChI is InChI=1S/C13H12FN5S/c14-9-3-4-10-11(17-6-16-10)8(9)5-15-13-18-12(19-20-13)7-1-2-7/h3-4,6-7H,1-2,5H2,(H,16,17)(H,15,18,19). The van der Waals surface area contributed by atoms with Crippen LogP contribution in [0.15, 0.2) is 18.5 Å². The third kappa shape index (κ3) is 2.03. The minimum absolute atomic E-state index is 0.260. The normalized spacial score (nSPS) is 14.8. The first-order valence-electron chi connectivity index (χ1n) is 6.49. The fourth-order valence-electron chi connectivity index (χ4n) is 2.19. The van der Waals surface area contributed by atoms with Crippen molar-refractivity contribution in [2.45, 2.75) is 25.3 Å². The summed E-state index contributed by atoms with van der Waals surface area (Å²) in [6.07, 6.45) is 3.93. The van der Waals surface area contributed by atoms with Gasteiger partial charge in [-0.1, -0.05) is 0 Å². The minimum Gasteiger partial charge on any atom is -0.356 e. The summed E-state index contributed by atoms with van der Waals surface area (Å²) in [5.74, 6) is 1.19. The molecule has 3 aromatic rings. The minimum atomic E-state index is -0.260. The lowest BCUT2D eigenvalue weighted by atomic mass is 10.1. The smallest absolute Gasteiger partial charge is 0.202 e. The Kier molecular flexibility index (Phi) is 2.66. The van der Waals surface area contributed by atoms with Crippen LogP contribution in [0.2, 0.25) is 0 Å². The summed E-state index contributed by atoms with van der Waals surface area (Å²) >= 11 is 1.33. The fraction of sp³-hybridized carbons (Fsp3) is 0.308. The molecule has 1 saturated carbocycles. The second-order valence-electron chi connectivity index (χ2n) is 4.91. The van der Waals surface area contributed by atoms with E-state index in [1.54, 1.807) is 12.4 Å². The molecule has 1 aliphatic carbocycles. The lowest BCUT2D eigenvalue weighted by Gasteiger charge is -2.05. The van der Waals surface area contributed by atoms with Gasteiger partial charge in [0.15, 0.2) is 0 Å². The number of halogens is 1. The monoisotopic (exact) mass is 289 g/mol. The van der Waals surface area contributed by atoms with E-state index < -0.39 is 0 Å². The van der Waals surface area contributed by atoms with Crippen molar-refractivity contribution in [2.24, 2.45) is 0 Å². The molecule has 0 atom stereocenters. The van der Waals surface area contributed by atoms with Gasteiger partial charge in [0.2, 0.25) is 5.13 Å². The van der Waals surface area contributed by atoms with Crippen molar-refractivity contribution in [3.05, 3.63) is 35.7 Å². The maximum Gasteiger partial charge on any atom is 0.202 e. The zero-order valence-electron chi connectivity index (χ0n) is 10.6. The summed E-state index contributed by atoms with van der Waals surface area (Å²) in [5.41, 5.74) is 2.04. The number of hydrogen-bond acceptors (Lipinski definition) is 5. The molecule has 0 unspecified atom stereocenters. The van der Waals surface area contributed by atoms with Crippen molar-refractivity contribution in [3.8, 4) is 0 Å². The molecule has 2 heterocycles. The Morgan fingerprint density at radius 2 is 2.30 bits per heavy atom. The van der Waals surface area contributed by atoms with Gasteiger partial charge in [-0.25, -0.2) is 14.4 Å². The largest absolute Gasteiger partial charge is 0.356 e. The van der Waals surface area contributed by atoms with Gasteiger partial charge in [0.25, 0.3) is 0 Å². The Labute approximate surface area is 118 Å². The van der Waals surface area contributed by atoms with E-state index in [9.17, 15) is 4.39 Å². The summed E-state index contributed by atoms with van der Waals surface area (Å²) in [5, 5.41) is 3.87. The van der Waals surface area contributed by atoms with E-state index in [4.69, 9.17) is 0 Å². The average Bonchev–Trinajstić information content (AvgIpc) is 3.01. The molecule has 102 valence electrons. The average molecular weight is 289 g/mol. The predicted octanol–water partition coefficient (Wildman–Crippen LogP) is 3.04. The van der Waals surface area contributed by atoms with Crippen LogP contribution in [0.3, 0.4) is 0 Å². The Morgan fingerprint density at radius 1 is 1.40 bits per heavy atom. The number of H-pyrrole nitrogens is 1. The molecule has 0 aliphatic heterocycles. The molecule has 20 heavy (non-hydrogen) atoms. The molecule has 0 spiro atoms. The Balaban J connectivity index is 1.57. The molecule has 7 heteroatoms. The van der Waals surface area contributed by atoms with Crippen LogP contribution in [0.5, 0.6) is 0 Å². The lowest BCUT2D eigenvalue weighted by molar-refractivity contribution is 0.615. The molecule has 1 aromatic carbocycles. The quantitative estimate of drug-likeness (QED) is 0.774. The predicted molar refractivity (Wildman–Crippen MR) is 75.3 cm³/mol. The van der Waals surface area contributed by atoms with Crippen molar-refractivity contribution in [3.63, 3.8) is 0 Å². The van der Waals surface area contributed by atoms with E-state index in [-0.39, 0.29) is 5.82 Å². The van der Waals surface area contributed by atoms with Gasteiger partial charge in [0.1, 0.15) is 11.6 Å². The summed E-state index contributed by atoms with van der Waals surface area (Å²) in [6, 6.07) is 3.14. The van der Waals surface area contributed by atoms with Crippen molar-refractivity contribution in [1.29, 1.82) is 0 Å². The van der Waals surface area contributed by atoms with Crippen molar-refractivity contribution in [2.75, 3.05) is 5.32 Å². The van der Waals surface area contributed by atoms with E-state index in [1.807, 2.05) is 0 Å². The molecule has 2 aromatic heterocycles. The van der Waals surface area contributed by atoms with E-state index in [2.05, 4.69) is 24.6 Å². The zero-order chi connectivity index (χ0) is 13.5. The summed E-state index contributed by atoms with van der Waals surface area (Å²) < 4.78 is 18.2. The molecular weight excluding hydrogens is 277 g/mol. The van der Waals surface area contributed by atoms with Gasteiger partial charge in [-0.2, -0.15) is 4.37 Å². The fourth-order valence-corrected chi connectivity index (χ4v) is 2.83. The highest BCUT2D eigenvalue weighted by atomic mass is 32.1. The maximum absolute atomic E-state index is 13.9. The highest BCUT2D eigenvalue weighted by Crippen LogP contribution is 2.39. The number of nitrogens with zero attached hydrogens (tertiary/aromatic N) is 3. The van der Waals surface area contributed by atoms with Crippen LogP contribution in [0, 0.1) is 5.82 Å². The zero-order valence-corrected chi connectivity index (χ0v) is 11.4. The van der Waals surface area contributed by atoms with Crippen LogP contribution < -0.4 is 5.32 Å². The first kappa shape index (κ1) is 11.8. The highest BCUT2D eigenvalue weighted by Gasteiger charge is 2.27. The molecule has 0 radical (unpaired) electrons. The number of rotatable bonds is 4. The topological polar surface area (TPSA) is 66.5 Å². The summed E-state index contributed by atoms with van der Waals surface area (Å²) in [4.78, 5) is 11.6. The Bertz CT molecular complexity index is 761. The maximum atomic E-state index is 13.9. The summed E-state index contributed by atoms with van der Waals surface area (Å²) in [6.45, 7) is 0.354. The van der Waals surface area contributed by atoms with Crippen LogP contribution in [0.25, 0.3) is 11.0 Å². The third-order valence-corrected chi connectivity index (χ3v) is 4.13. The Morgan fingerprint density at radius 3 is 3.15 bits per heavy atom. The van der Waals surface area contributed by atoms with Crippen molar-refractivity contribution in [1.82, 2.24) is 19.3 Å². The number of anilines is 1. The molecule has 1 fully saturated rings. The number of imidazole rings is 1. The van der Waals surface area contributed by atoms with Crippen molar-refractivity contribution < 1.29 is 4.39 Å². The molecule has 0 amide bonds. The lowest BCUT2D eigenvalue weighted by Crippen LogP contribution is -2.02. The molecule has 0 saturated heterocycles. The van der Waals surface area contributed by atoms with Gasteiger partial charge < -0.3 is 10.3 Å². The summed E-state index contributed by atoms with van der Waals surface area (Å²) in [7, 11) is 0. The van der Waals surface area contributed by atoms with Crippen molar-refractivity contribution >= 4 is 27.7 Å². The van der Waals surface area contributed by atoms with E-state index >= 15 is 0 Å². The third-order valence-electron chi connectivity index (χ3n) is 3.44. The van der Waals surface area contributed by atoms with Gasteiger partial charge >= 0.3 is 0 Å². The number of benzene rings is 1. The van der Waals surface area contributed by atoms with Crippen LogP contribution in [-0.4, -0.2) is 19.3 Å². The van der Waals surface area contributed by atoms with Crippen LogP contribution in [0.4, 0.5) is 9.52 Å². The van der Waals surface area contributed by atoms with E-state index in [0.29, 0.717) is 23.5 Å². The number of nitrogens with one attached hydrogen (secondary N) is 2. The van der Waals surface area contributed by atoms with Gasteiger partial charge in [-0.05, 0) is 25.0 Å². The van der Waals surface area contributed by atoms with Crippen LogP contribution in [0.1, 0.15) is 30.1 Å². The molecule has 5 nitrogen and oxygen atoms in total. The van der Waals surface area contributed by atoms with Crippen LogP contribution in [-0.2, 0) is 6.54 Å². The molecule has 0 bridgehead atoms. The number of fused-ring (bicyclic) bond motifs is 1. The molecular formula is C13H12FN5S. The SMILES string of the molecule is Fc1ccc2[nH]cnc2c1CNc1nc(C2CC2)ns1. The molecule has 1 aliphatic rings. The second-order valence-corrected chi connectivity index (χ2v) is 5.66. The Hall–Kier alpha value is -2.02. The van der Waals surface area contributed by atoms with E-state index in [1.165, 1.54) is 30.4 Å². The van der Waals surface area contributed by atoms with Gasteiger partial charge in [0.05, 0.1) is 17.4 Å². The highest BCUT2D eigenvalue weighted by molar-refractivity contribution is 7.09. The van der Waals surface area contributed by atoms with Gasteiger partial charge in [-0.15, -0.1) is 0 Å². The second kappa shape index (κ2) is 4.52. The molecule has 2 N–H and O–H groups in total. The van der Waals surface area contributed by atoms with Gasteiger partial charge in [-0.3, -0.25) is 0 Å². The van der Waals surface area contributed by atoms with Gasteiger partial charge in [0, 0.05) is 29.6 Å². The first-order chi connectivity index (χ1) is 9.81. The van der Waals surface area contributed by atoms with Crippen LogP contribution >= 0.6 is 11.5 Å². The number of hydrogen-bond donors (Lipinski definition) is 2. The number of aromatic amines is 1. The van der Waals surface area contributed by atoms with E-state index in [0.717, 1.165) is 16.5 Å². The number of aromatic nitrogens is 4. The first-order valence-corrected chi connectivity index (χ1v) is 7.26.